The van der Waals surface area contributed by atoms with Crippen molar-refractivity contribution in [2.24, 2.45) is 0 Å². The summed E-state index contributed by atoms with van der Waals surface area (Å²) in [6.07, 6.45) is -5.73. The fraction of sp³-hybridized carbons (Fsp3) is 0.440. The number of carbonyl (C=O) groups excluding carboxylic acids is 1. The van der Waals surface area contributed by atoms with Gasteiger partial charge in [-0.1, -0.05) is 36.4 Å². The molecule has 0 aromatic heterocycles. The van der Waals surface area contributed by atoms with E-state index in [0.717, 1.165) is 11.1 Å². The Kier molecular flexibility index (Phi) is 10.2. The van der Waals surface area contributed by atoms with Crippen LogP contribution in [0.4, 0.5) is 0 Å². The quantitative estimate of drug-likeness (QED) is 0.255. The van der Waals surface area contributed by atoms with Crippen LogP contribution >= 0.6 is 0 Å². The molecule has 0 spiro atoms. The summed E-state index contributed by atoms with van der Waals surface area (Å²) in [7, 11) is 0. The molecule has 1 fully saturated rings. The number of nitrogens with one attached hydrogen (secondary N) is 1. The van der Waals surface area contributed by atoms with Gasteiger partial charge in [-0.05, 0) is 30.2 Å². The van der Waals surface area contributed by atoms with Crippen LogP contribution in [-0.2, 0) is 19.0 Å². The molecule has 0 unspecified atom stereocenters. The number of rotatable bonds is 12. The molecule has 196 valence electrons. The number of hydrogen-bond acceptors (Lipinski definition) is 9. The van der Waals surface area contributed by atoms with Gasteiger partial charge in [0.25, 0.3) is 5.91 Å². The van der Waals surface area contributed by atoms with Gasteiger partial charge in [-0.3, -0.25) is 4.79 Å². The van der Waals surface area contributed by atoms with Gasteiger partial charge in [0, 0.05) is 6.54 Å². The van der Waals surface area contributed by atoms with Crippen molar-refractivity contribution in [3.63, 3.8) is 0 Å². The van der Waals surface area contributed by atoms with Crippen molar-refractivity contribution in [1.82, 2.24) is 5.32 Å². The SMILES string of the molecule is C[C@@H]1O[C@@H](OCCOCCNC(=O)COc2ccc(-c3ccccc3)cc2C(=O)O)[C@H](O)[C@H](O)[C@H]1O. The second kappa shape index (κ2) is 13.3. The zero-order chi connectivity index (χ0) is 26.1. The molecule has 11 heteroatoms. The minimum Gasteiger partial charge on any atom is -0.483 e. The number of aliphatic hydroxyl groups is 3. The summed E-state index contributed by atoms with van der Waals surface area (Å²) in [5.74, 6) is -1.52. The van der Waals surface area contributed by atoms with E-state index in [1.807, 2.05) is 30.3 Å². The van der Waals surface area contributed by atoms with E-state index in [9.17, 15) is 30.0 Å². The van der Waals surface area contributed by atoms with E-state index in [2.05, 4.69) is 5.32 Å². The molecule has 5 N–H and O–H groups in total. The second-order valence-electron chi connectivity index (χ2n) is 8.19. The van der Waals surface area contributed by atoms with E-state index in [1.165, 1.54) is 12.1 Å². The Morgan fingerprint density at radius 1 is 0.944 bits per heavy atom. The third kappa shape index (κ3) is 7.47. The molecule has 0 radical (unpaired) electrons. The van der Waals surface area contributed by atoms with Crippen LogP contribution in [0.5, 0.6) is 5.75 Å². The van der Waals surface area contributed by atoms with E-state index >= 15 is 0 Å². The van der Waals surface area contributed by atoms with Gasteiger partial charge in [0.2, 0.25) is 0 Å². The fourth-order valence-corrected chi connectivity index (χ4v) is 3.57. The number of aliphatic hydroxyl groups excluding tert-OH is 3. The molecule has 0 saturated carbocycles. The Morgan fingerprint density at radius 2 is 1.69 bits per heavy atom. The van der Waals surface area contributed by atoms with Gasteiger partial charge in [-0.25, -0.2) is 4.79 Å². The molecule has 3 rings (SSSR count). The lowest BCUT2D eigenvalue weighted by molar-refractivity contribution is -0.294. The smallest absolute Gasteiger partial charge is 0.339 e. The first kappa shape index (κ1) is 27.5. The van der Waals surface area contributed by atoms with Gasteiger partial charge in [0.15, 0.2) is 12.9 Å². The molecule has 1 heterocycles. The first-order valence-electron chi connectivity index (χ1n) is 11.5. The maximum atomic E-state index is 12.1. The van der Waals surface area contributed by atoms with Crippen LogP contribution < -0.4 is 10.1 Å². The lowest BCUT2D eigenvalue weighted by Gasteiger charge is -2.38. The van der Waals surface area contributed by atoms with Gasteiger partial charge >= 0.3 is 5.97 Å². The average molecular weight is 506 g/mol. The van der Waals surface area contributed by atoms with Crippen molar-refractivity contribution >= 4 is 11.9 Å². The predicted octanol–water partition coefficient (Wildman–Crippen LogP) is 0.408. The molecule has 2 aromatic rings. The zero-order valence-corrected chi connectivity index (χ0v) is 19.8. The van der Waals surface area contributed by atoms with E-state index < -0.39 is 42.6 Å². The molecule has 2 aromatic carbocycles. The molecule has 11 nitrogen and oxygen atoms in total. The molecular weight excluding hydrogens is 474 g/mol. The maximum absolute atomic E-state index is 12.1. The van der Waals surface area contributed by atoms with E-state index in [-0.39, 0.29) is 44.3 Å². The predicted molar refractivity (Wildman–Crippen MR) is 126 cm³/mol. The standard InChI is InChI=1S/C25H31NO10/c1-15-21(28)22(29)23(30)25(36-15)34-12-11-33-10-9-26-20(27)14-35-19-8-7-17(13-18(19)24(31)32)16-5-3-2-4-6-16/h2-8,13,15,21-23,25,28-30H,9-12,14H2,1H3,(H,26,27)(H,31,32)/t15-,21-,22+,23+,25+/m0/s1. The fourth-order valence-electron chi connectivity index (χ4n) is 3.57. The molecular formula is C25H31NO10. The Labute approximate surface area is 208 Å². The van der Waals surface area contributed by atoms with Gasteiger partial charge in [0.05, 0.1) is 25.9 Å². The molecule has 36 heavy (non-hydrogen) atoms. The zero-order valence-electron chi connectivity index (χ0n) is 19.8. The molecule has 1 amide bonds. The lowest BCUT2D eigenvalue weighted by atomic mass is 10.0. The van der Waals surface area contributed by atoms with E-state index in [1.54, 1.807) is 13.0 Å². The molecule has 1 aliphatic heterocycles. The van der Waals surface area contributed by atoms with Crippen molar-refractivity contribution in [3.05, 3.63) is 54.1 Å². The number of carboxylic acids is 1. The maximum Gasteiger partial charge on any atom is 0.339 e. The molecule has 5 atom stereocenters. The number of benzene rings is 2. The third-order valence-electron chi connectivity index (χ3n) is 5.56. The first-order chi connectivity index (χ1) is 17.3. The van der Waals surface area contributed by atoms with Crippen LogP contribution in [0.3, 0.4) is 0 Å². The highest BCUT2D eigenvalue weighted by molar-refractivity contribution is 5.93. The van der Waals surface area contributed by atoms with Crippen molar-refractivity contribution in [2.75, 3.05) is 33.0 Å². The summed E-state index contributed by atoms with van der Waals surface area (Å²) in [5.41, 5.74) is 1.54. The number of carbonyl (C=O) groups is 2. The highest BCUT2D eigenvalue weighted by Crippen LogP contribution is 2.27. The average Bonchev–Trinajstić information content (AvgIpc) is 2.88. The second-order valence-corrected chi connectivity index (χ2v) is 8.19. The van der Waals surface area contributed by atoms with E-state index in [0.29, 0.717) is 0 Å². The highest BCUT2D eigenvalue weighted by atomic mass is 16.7. The number of ether oxygens (including phenoxy) is 4. The summed E-state index contributed by atoms with van der Waals surface area (Å²) in [5, 5.41) is 41.4. The summed E-state index contributed by atoms with van der Waals surface area (Å²) in [6.45, 7) is 1.75. The third-order valence-corrected chi connectivity index (χ3v) is 5.56. The number of carboxylic acid groups (broad SMARTS) is 1. The van der Waals surface area contributed by atoms with Gasteiger partial charge < -0.3 is 44.7 Å². The largest absolute Gasteiger partial charge is 0.483 e. The van der Waals surface area contributed by atoms with Crippen LogP contribution in [0.2, 0.25) is 0 Å². The van der Waals surface area contributed by atoms with Gasteiger partial charge in [-0.15, -0.1) is 0 Å². The summed E-state index contributed by atoms with van der Waals surface area (Å²) in [4.78, 5) is 23.7. The van der Waals surface area contributed by atoms with Crippen LogP contribution in [0.15, 0.2) is 48.5 Å². The van der Waals surface area contributed by atoms with Crippen LogP contribution in [-0.4, -0.2) is 96.0 Å². The molecule has 0 aliphatic carbocycles. The Bertz CT molecular complexity index is 1000. The van der Waals surface area contributed by atoms with Gasteiger partial charge in [0.1, 0.15) is 29.6 Å². The van der Waals surface area contributed by atoms with Crippen LogP contribution in [0.25, 0.3) is 11.1 Å². The number of aromatic carboxylic acids is 1. The molecule has 0 bridgehead atoms. The first-order valence-corrected chi connectivity index (χ1v) is 11.5. The monoisotopic (exact) mass is 505 g/mol. The van der Waals surface area contributed by atoms with Crippen LogP contribution in [0, 0.1) is 0 Å². The topological polar surface area (TPSA) is 164 Å². The highest BCUT2D eigenvalue weighted by Gasteiger charge is 2.42. The normalized spacial score (nSPS) is 23.7. The van der Waals surface area contributed by atoms with Crippen molar-refractivity contribution in [3.8, 4) is 16.9 Å². The Balaban J connectivity index is 1.34. The summed E-state index contributed by atoms with van der Waals surface area (Å²) in [6, 6.07) is 14.1. The Morgan fingerprint density at radius 3 is 2.42 bits per heavy atom. The molecule has 1 aliphatic rings. The Hall–Kier alpha value is -3.06. The minimum atomic E-state index is -1.38. The van der Waals surface area contributed by atoms with Crippen molar-refractivity contribution in [2.45, 2.75) is 37.6 Å². The minimum absolute atomic E-state index is 0.0454. The summed E-state index contributed by atoms with van der Waals surface area (Å²) >= 11 is 0. The molecule has 1 saturated heterocycles. The van der Waals surface area contributed by atoms with E-state index in [4.69, 9.17) is 18.9 Å². The van der Waals surface area contributed by atoms with Crippen LogP contribution in [0.1, 0.15) is 17.3 Å². The number of amides is 1. The number of hydrogen-bond donors (Lipinski definition) is 5. The van der Waals surface area contributed by atoms with Gasteiger partial charge in [-0.2, -0.15) is 0 Å². The lowest BCUT2D eigenvalue weighted by Crippen LogP contribution is -2.57. The van der Waals surface area contributed by atoms with Crippen molar-refractivity contribution < 1.29 is 49.0 Å². The van der Waals surface area contributed by atoms with Crippen molar-refractivity contribution in [1.29, 1.82) is 0 Å². The summed E-state index contributed by atoms with van der Waals surface area (Å²) < 4.78 is 21.4.